The maximum Gasteiger partial charge on any atom is 0.277 e. The molecule has 4 N–H and O–H groups in total. The molecular weight excluding hydrogens is 250 g/mol. The van der Waals surface area contributed by atoms with Crippen molar-refractivity contribution in [2.75, 3.05) is 12.3 Å². The Kier molecular flexibility index (Phi) is 4.72. The van der Waals surface area contributed by atoms with E-state index in [9.17, 15) is 8.42 Å². The van der Waals surface area contributed by atoms with Crippen molar-refractivity contribution in [2.45, 2.75) is 32.7 Å². The van der Waals surface area contributed by atoms with Crippen molar-refractivity contribution < 1.29 is 8.42 Å². The van der Waals surface area contributed by atoms with Crippen molar-refractivity contribution in [3.8, 4) is 0 Å². The summed E-state index contributed by atoms with van der Waals surface area (Å²) in [5.74, 6) is 0. The van der Waals surface area contributed by atoms with E-state index in [4.69, 9.17) is 5.73 Å². The van der Waals surface area contributed by atoms with Gasteiger partial charge in [-0.2, -0.15) is 13.1 Å². The van der Waals surface area contributed by atoms with Crippen LogP contribution in [-0.2, 0) is 16.6 Å². The van der Waals surface area contributed by atoms with E-state index in [2.05, 4.69) is 9.44 Å². The van der Waals surface area contributed by atoms with Crippen LogP contribution in [0.4, 0.5) is 5.69 Å². The Bertz CT molecular complexity index is 475. The number of benzene rings is 1. The van der Waals surface area contributed by atoms with Gasteiger partial charge in [0.1, 0.15) is 0 Å². The van der Waals surface area contributed by atoms with Crippen LogP contribution in [0.3, 0.4) is 0 Å². The average Bonchev–Trinajstić information content (AvgIpc) is 2.17. The lowest BCUT2D eigenvalue weighted by molar-refractivity contribution is 0.484. The summed E-state index contributed by atoms with van der Waals surface area (Å²) in [5, 5.41) is 0. The Labute approximate surface area is 109 Å². The Morgan fingerprint density at radius 3 is 2.22 bits per heavy atom. The van der Waals surface area contributed by atoms with Crippen LogP contribution >= 0.6 is 0 Å². The van der Waals surface area contributed by atoms with Gasteiger partial charge < -0.3 is 5.73 Å². The molecule has 0 aromatic heterocycles. The SMILES string of the molecule is CC(C)(C)NS(=O)(=O)NCCc1ccc(N)cc1. The van der Waals surface area contributed by atoms with E-state index in [-0.39, 0.29) is 0 Å². The van der Waals surface area contributed by atoms with Gasteiger partial charge in [-0.3, -0.25) is 0 Å². The quantitative estimate of drug-likeness (QED) is 0.699. The third-order valence-corrected chi connectivity index (χ3v) is 3.59. The zero-order valence-electron chi connectivity index (χ0n) is 11.0. The summed E-state index contributed by atoms with van der Waals surface area (Å²) < 4.78 is 28.3. The van der Waals surface area contributed by atoms with Crippen LogP contribution in [-0.4, -0.2) is 20.5 Å². The minimum atomic E-state index is -3.44. The van der Waals surface area contributed by atoms with E-state index in [0.717, 1.165) is 5.56 Å². The molecule has 6 heteroatoms. The molecule has 0 fully saturated rings. The maximum absolute atomic E-state index is 11.6. The monoisotopic (exact) mass is 271 g/mol. The van der Waals surface area contributed by atoms with Crippen LogP contribution in [0, 0.1) is 0 Å². The number of nitrogens with one attached hydrogen (secondary N) is 2. The molecule has 0 aliphatic carbocycles. The Balaban J connectivity index is 2.44. The largest absolute Gasteiger partial charge is 0.399 e. The van der Waals surface area contributed by atoms with Crippen LogP contribution in [0.2, 0.25) is 0 Å². The van der Waals surface area contributed by atoms with Crippen LogP contribution in [0.15, 0.2) is 24.3 Å². The summed E-state index contributed by atoms with van der Waals surface area (Å²) in [6.45, 7) is 5.75. The predicted octanol–water partition coefficient (Wildman–Crippen LogP) is 1.03. The highest BCUT2D eigenvalue weighted by molar-refractivity contribution is 7.87. The molecule has 0 aliphatic heterocycles. The molecule has 0 spiro atoms. The van der Waals surface area contributed by atoms with Crippen molar-refractivity contribution in [3.05, 3.63) is 29.8 Å². The van der Waals surface area contributed by atoms with E-state index < -0.39 is 15.7 Å². The van der Waals surface area contributed by atoms with E-state index in [1.807, 2.05) is 12.1 Å². The number of rotatable bonds is 5. The minimum Gasteiger partial charge on any atom is -0.399 e. The first-order valence-corrected chi connectivity index (χ1v) is 7.29. The van der Waals surface area contributed by atoms with Gasteiger partial charge in [0.15, 0.2) is 0 Å². The molecular formula is C12H21N3O2S. The summed E-state index contributed by atoms with van der Waals surface area (Å²) in [6, 6.07) is 7.39. The van der Waals surface area contributed by atoms with Gasteiger partial charge in [0.25, 0.3) is 10.2 Å². The van der Waals surface area contributed by atoms with E-state index >= 15 is 0 Å². The second kappa shape index (κ2) is 5.69. The lowest BCUT2D eigenvalue weighted by Gasteiger charge is -2.20. The third kappa shape index (κ3) is 6.00. The van der Waals surface area contributed by atoms with Gasteiger partial charge in [0.2, 0.25) is 0 Å². The standard InChI is InChI=1S/C12H21N3O2S/c1-12(2,3)15-18(16,17)14-9-8-10-4-6-11(13)7-5-10/h4-7,14-15H,8-9,13H2,1-3H3. The molecule has 0 aliphatic rings. The Morgan fingerprint density at radius 2 is 1.72 bits per heavy atom. The Hall–Kier alpha value is -1.11. The summed E-state index contributed by atoms with van der Waals surface area (Å²) in [6.07, 6.45) is 0.630. The lowest BCUT2D eigenvalue weighted by atomic mass is 10.1. The number of hydrogen-bond donors (Lipinski definition) is 3. The first kappa shape index (κ1) is 14.9. The van der Waals surface area contributed by atoms with Crippen molar-refractivity contribution in [2.24, 2.45) is 0 Å². The summed E-state index contributed by atoms with van der Waals surface area (Å²) in [4.78, 5) is 0. The van der Waals surface area contributed by atoms with Gasteiger partial charge in [0, 0.05) is 17.8 Å². The molecule has 1 rings (SSSR count). The zero-order chi connectivity index (χ0) is 13.8. The lowest BCUT2D eigenvalue weighted by Crippen LogP contribution is -2.47. The van der Waals surface area contributed by atoms with Crippen LogP contribution in [0.1, 0.15) is 26.3 Å². The number of hydrogen-bond acceptors (Lipinski definition) is 3. The fourth-order valence-corrected chi connectivity index (χ4v) is 2.70. The second-order valence-corrected chi connectivity index (χ2v) is 6.74. The third-order valence-electron chi connectivity index (χ3n) is 2.13. The fraction of sp³-hybridized carbons (Fsp3) is 0.500. The van der Waals surface area contributed by atoms with Gasteiger partial charge in [-0.1, -0.05) is 12.1 Å². The fourth-order valence-electron chi connectivity index (χ4n) is 1.45. The zero-order valence-corrected chi connectivity index (χ0v) is 11.8. The van der Waals surface area contributed by atoms with Crippen molar-refractivity contribution in [1.82, 2.24) is 9.44 Å². The molecule has 0 atom stereocenters. The van der Waals surface area contributed by atoms with Gasteiger partial charge in [0.05, 0.1) is 0 Å². The molecule has 0 heterocycles. The highest BCUT2D eigenvalue weighted by atomic mass is 32.2. The van der Waals surface area contributed by atoms with Crippen molar-refractivity contribution in [3.63, 3.8) is 0 Å². The molecule has 18 heavy (non-hydrogen) atoms. The molecule has 0 unspecified atom stereocenters. The molecule has 1 aromatic carbocycles. The van der Waals surface area contributed by atoms with Gasteiger partial charge >= 0.3 is 0 Å². The molecule has 0 bridgehead atoms. The first-order valence-electron chi connectivity index (χ1n) is 5.81. The minimum absolute atomic E-state index is 0.356. The second-order valence-electron chi connectivity index (χ2n) is 5.24. The molecule has 5 nitrogen and oxygen atoms in total. The molecule has 0 saturated heterocycles. The smallest absolute Gasteiger partial charge is 0.277 e. The number of anilines is 1. The average molecular weight is 271 g/mol. The van der Waals surface area contributed by atoms with Crippen molar-refractivity contribution >= 4 is 15.9 Å². The van der Waals surface area contributed by atoms with Crippen LogP contribution < -0.4 is 15.2 Å². The maximum atomic E-state index is 11.6. The molecule has 0 saturated carbocycles. The van der Waals surface area contributed by atoms with Crippen LogP contribution in [0.5, 0.6) is 0 Å². The number of nitrogen functional groups attached to an aromatic ring is 1. The molecule has 1 aromatic rings. The first-order chi connectivity index (χ1) is 8.18. The highest BCUT2D eigenvalue weighted by Gasteiger charge is 2.18. The van der Waals surface area contributed by atoms with E-state index in [1.54, 1.807) is 32.9 Å². The summed E-state index contributed by atoms with van der Waals surface area (Å²) >= 11 is 0. The summed E-state index contributed by atoms with van der Waals surface area (Å²) in [7, 11) is -3.44. The van der Waals surface area contributed by atoms with Crippen LogP contribution in [0.25, 0.3) is 0 Å². The topological polar surface area (TPSA) is 84.2 Å². The number of nitrogens with two attached hydrogens (primary N) is 1. The van der Waals surface area contributed by atoms with Crippen molar-refractivity contribution in [1.29, 1.82) is 0 Å². The predicted molar refractivity (Wildman–Crippen MR) is 74.4 cm³/mol. The van der Waals surface area contributed by atoms with Gasteiger partial charge in [-0.05, 0) is 44.9 Å². The van der Waals surface area contributed by atoms with E-state index in [1.165, 1.54) is 0 Å². The molecule has 102 valence electrons. The van der Waals surface area contributed by atoms with Gasteiger partial charge in [-0.25, -0.2) is 4.72 Å². The van der Waals surface area contributed by atoms with E-state index in [0.29, 0.717) is 18.7 Å². The normalized spacial score (nSPS) is 12.6. The highest BCUT2D eigenvalue weighted by Crippen LogP contribution is 2.06. The Morgan fingerprint density at radius 1 is 1.17 bits per heavy atom. The molecule has 0 radical (unpaired) electrons. The molecule has 0 amide bonds. The summed E-state index contributed by atoms with van der Waals surface area (Å²) in [5.41, 5.74) is 6.84. The van der Waals surface area contributed by atoms with Gasteiger partial charge in [-0.15, -0.1) is 0 Å².